The first-order chi connectivity index (χ1) is 37.7. The molecule has 0 saturated heterocycles. The molecular weight excluding hydrogens is 1060 g/mol. The van der Waals surface area contributed by atoms with Gasteiger partial charge in [-0.3, -0.25) is 9.97 Å². The quantitative estimate of drug-likeness (QED) is 0.142. The van der Waals surface area contributed by atoms with E-state index in [0.717, 1.165) is 72.8 Å². The number of hydrogen-bond donors (Lipinski definition) is 0. The standard InChI is InChI=1S/C71H75N3.2CH2Cl2/c1-67(2,3)52-32-22-46(23-33-52)61-62(47-24-34-53(35-25-47)68(4,5)6)64(49-28-38-55(39-29-49)70(10,11)12)66(51-44-59(57-20-16-18-42-72-57)74-60(45-51)58-21-17-19-43-73-58)65(50-30-40-56(41-31-50)71(13,14)15)63(61)48-26-36-54(37-27-48)69(7,8)9;2*2-1-3/h16-45H,1-15H3;2*1H2. The molecule has 3 nitrogen and oxygen atoms in total. The van der Waals surface area contributed by atoms with Gasteiger partial charge in [-0.15, -0.1) is 46.4 Å². The molecule has 0 bridgehead atoms. The molecule has 0 radical (unpaired) electrons. The maximum atomic E-state index is 5.38. The third kappa shape index (κ3) is 14.5. The van der Waals surface area contributed by atoms with Gasteiger partial charge in [0.1, 0.15) is 0 Å². The molecule has 0 atom stereocenters. The summed E-state index contributed by atoms with van der Waals surface area (Å²) >= 11 is 19.1. The normalized spacial score (nSPS) is 12.0. The van der Waals surface area contributed by atoms with E-state index in [2.05, 4.69) is 249 Å². The lowest BCUT2D eigenvalue weighted by Crippen LogP contribution is -2.12. The van der Waals surface area contributed by atoms with Crippen LogP contribution in [0.15, 0.2) is 182 Å². The highest BCUT2D eigenvalue weighted by molar-refractivity contribution is 6.41. The van der Waals surface area contributed by atoms with Crippen molar-refractivity contribution in [3.63, 3.8) is 0 Å². The van der Waals surface area contributed by atoms with E-state index < -0.39 is 0 Å². The minimum Gasteiger partial charge on any atom is -0.255 e. The molecule has 0 unspecified atom stereocenters. The highest BCUT2D eigenvalue weighted by atomic mass is 35.5. The van der Waals surface area contributed by atoms with Crippen molar-refractivity contribution in [2.75, 3.05) is 10.7 Å². The SMILES string of the molecule is CC(C)(C)c1ccc(-c2c(-c3ccc(C(C)(C)C)cc3)c(-c3ccc(C(C)(C)C)cc3)c(-c3cc(-c4ccccn4)nc(-c4ccccn4)c3)c(-c3ccc(C(C)(C)C)cc3)c2-c2ccc(C(C)(C)C)cc2)cc1.ClCCl.ClCCl. The predicted octanol–water partition coefficient (Wildman–Crippen LogP) is 22.5. The van der Waals surface area contributed by atoms with Crippen LogP contribution in [-0.4, -0.2) is 25.6 Å². The highest BCUT2D eigenvalue weighted by Gasteiger charge is 2.32. The Hall–Kier alpha value is -6.07. The van der Waals surface area contributed by atoms with E-state index in [1.54, 1.807) is 0 Å². The van der Waals surface area contributed by atoms with Crippen LogP contribution in [0.25, 0.3) is 89.5 Å². The Morgan fingerprint density at radius 3 is 0.637 bits per heavy atom. The molecule has 3 heterocycles. The molecule has 0 aliphatic rings. The molecule has 6 aromatic carbocycles. The Morgan fingerprint density at radius 1 is 0.263 bits per heavy atom. The molecule has 9 rings (SSSR count). The third-order valence-corrected chi connectivity index (χ3v) is 14.7. The first-order valence-corrected chi connectivity index (χ1v) is 29.7. The molecule has 3 aromatic heterocycles. The third-order valence-electron chi connectivity index (χ3n) is 14.7. The average molecular weight is 1140 g/mol. The number of benzene rings is 6. The number of hydrogen-bond acceptors (Lipinski definition) is 3. The number of alkyl halides is 4. The Balaban J connectivity index is 0.00000147. The number of pyridine rings is 3. The number of aromatic nitrogens is 3. The average Bonchev–Trinajstić information content (AvgIpc) is 3.42. The van der Waals surface area contributed by atoms with Gasteiger partial charge in [0.25, 0.3) is 0 Å². The maximum Gasteiger partial charge on any atom is 0.0967 e. The minimum absolute atomic E-state index is 0.0302. The fourth-order valence-corrected chi connectivity index (χ4v) is 10.1. The van der Waals surface area contributed by atoms with E-state index in [0.29, 0.717) is 0 Å². The Kier molecular flexibility index (Phi) is 19.5. The monoisotopic (exact) mass is 1140 g/mol. The van der Waals surface area contributed by atoms with Crippen LogP contribution in [-0.2, 0) is 27.1 Å². The Morgan fingerprint density at radius 2 is 0.463 bits per heavy atom. The summed E-state index contributed by atoms with van der Waals surface area (Å²) < 4.78 is 0. The summed E-state index contributed by atoms with van der Waals surface area (Å²) in [6, 6.07) is 63.8. The van der Waals surface area contributed by atoms with E-state index in [4.69, 9.17) is 61.4 Å². The Labute approximate surface area is 499 Å². The lowest BCUT2D eigenvalue weighted by molar-refractivity contribution is 0.590. The summed E-state index contributed by atoms with van der Waals surface area (Å²) in [5, 5.41) is 0.389. The van der Waals surface area contributed by atoms with E-state index >= 15 is 0 Å². The zero-order valence-corrected chi connectivity index (χ0v) is 52.6. The van der Waals surface area contributed by atoms with Gasteiger partial charge in [-0.2, -0.15) is 0 Å². The van der Waals surface area contributed by atoms with Gasteiger partial charge in [0, 0.05) is 12.4 Å². The fourth-order valence-electron chi connectivity index (χ4n) is 10.1. The van der Waals surface area contributed by atoms with E-state index in [-0.39, 0.29) is 37.8 Å². The van der Waals surface area contributed by atoms with Crippen molar-refractivity contribution in [3.8, 4) is 89.5 Å². The topological polar surface area (TPSA) is 38.7 Å². The number of rotatable bonds is 8. The van der Waals surface area contributed by atoms with Crippen molar-refractivity contribution in [3.05, 3.63) is 210 Å². The summed E-state index contributed by atoms with van der Waals surface area (Å²) in [5.41, 5.74) is 23.1. The zero-order chi connectivity index (χ0) is 58.4. The van der Waals surface area contributed by atoms with Gasteiger partial charge >= 0.3 is 0 Å². The molecule has 0 N–H and O–H groups in total. The molecule has 0 aliphatic heterocycles. The summed E-state index contributed by atoms with van der Waals surface area (Å²) in [5.74, 6) is 0. The van der Waals surface area contributed by atoms with Crippen molar-refractivity contribution < 1.29 is 0 Å². The first kappa shape index (κ1) is 61.5. The van der Waals surface area contributed by atoms with Crippen molar-refractivity contribution in [1.29, 1.82) is 0 Å². The molecule has 0 fully saturated rings. The van der Waals surface area contributed by atoms with Gasteiger partial charge in [-0.1, -0.05) is 237 Å². The number of nitrogens with zero attached hydrogens (tertiary/aromatic N) is 3. The molecule has 0 saturated carbocycles. The van der Waals surface area contributed by atoms with Crippen LogP contribution in [0.1, 0.15) is 132 Å². The fraction of sp³-hybridized carbons (Fsp3) is 0.301. The summed E-state index contributed by atoms with van der Waals surface area (Å²) in [6.07, 6.45) is 3.71. The van der Waals surface area contributed by atoms with E-state index in [1.165, 1.54) is 44.5 Å². The maximum absolute atomic E-state index is 5.38. The van der Waals surface area contributed by atoms with Crippen LogP contribution in [0.2, 0.25) is 0 Å². The van der Waals surface area contributed by atoms with Gasteiger partial charge in [0.05, 0.1) is 33.5 Å². The van der Waals surface area contributed by atoms with Gasteiger partial charge < -0.3 is 0 Å². The molecular formula is C73H79Cl4N3. The summed E-state index contributed by atoms with van der Waals surface area (Å²) in [4.78, 5) is 15.2. The largest absolute Gasteiger partial charge is 0.255 e. The van der Waals surface area contributed by atoms with Crippen molar-refractivity contribution in [1.82, 2.24) is 15.0 Å². The molecule has 7 heteroatoms. The molecule has 0 aliphatic carbocycles. The van der Waals surface area contributed by atoms with Crippen molar-refractivity contribution in [2.45, 2.75) is 131 Å². The second-order valence-electron chi connectivity index (χ2n) is 25.6. The second-order valence-corrected chi connectivity index (χ2v) is 27.3. The lowest BCUT2D eigenvalue weighted by atomic mass is 9.73. The van der Waals surface area contributed by atoms with Crippen LogP contribution in [0.4, 0.5) is 0 Å². The highest BCUT2D eigenvalue weighted by Crippen LogP contribution is 2.57. The van der Waals surface area contributed by atoms with Crippen molar-refractivity contribution >= 4 is 46.4 Å². The van der Waals surface area contributed by atoms with Crippen LogP contribution in [0, 0.1) is 0 Å². The predicted molar refractivity (Wildman–Crippen MR) is 350 cm³/mol. The zero-order valence-electron chi connectivity index (χ0n) is 49.6. The molecule has 80 heavy (non-hydrogen) atoms. The van der Waals surface area contributed by atoms with Crippen LogP contribution >= 0.6 is 46.4 Å². The Bertz CT molecular complexity index is 3260. The molecule has 9 aromatic rings. The van der Waals surface area contributed by atoms with Crippen molar-refractivity contribution in [2.24, 2.45) is 0 Å². The van der Waals surface area contributed by atoms with Gasteiger partial charge in [0.15, 0.2) is 0 Å². The summed E-state index contributed by atoms with van der Waals surface area (Å²) in [6.45, 7) is 34.4. The van der Waals surface area contributed by atoms with Gasteiger partial charge in [-0.25, -0.2) is 4.98 Å². The smallest absolute Gasteiger partial charge is 0.0967 e. The number of halogens is 4. The van der Waals surface area contributed by atoms with E-state index in [9.17, 15) is 0 Å². The molecule has 0 amide bonds. The van der Waals surface area contributed by atoms with Crippen LogP contribution in [0.5, 0.6) is 0 Å². The lowest BCUT2D eigenvalue weighted by Gasteiger charge is -2.30. The minimum atomic E-state index is -0.0454. The summed E-state index contributed by atoms with van der Waals surface area (Å²) in [7, 11) is 0. The molecule has 414 valence electrons. The van der Waals surface area contributed by atoms with Gasteiger partial charge in [0.2, 0.25) is 0 Å². The van der Waals surface area contributed by atoms with Crippen LogP contribution < -0.4 is 0 Å². The van der Waals surface area contributed by atoms with Gasteiger partial charge in [-0.05, 0) is 158 Å². The first-order valence-electron chi connectivity index (χ1n) is 27.6. The van der Waals surface area contributed by atoms with E-state index in [1.807, 2.05) is 36.7 Å². The second kappa shape index (κ2) is 25.4. The molecule has 0 spiro atoms. The van der Waals surface area contributed by atoms with Crippen LogP contribution in [0.3, 0.4) is 0 Å².